The van der Waals surface area contributed by atoms with E-state index in [2.05, 4.69) is 20.9 Å². The van der Waals surface area contributed by atoms with E-state index in [-0.39, 0.29) is 5.56 Å². The van der Waals surface area contributed by atoms with Crippen LogP contribution in [0.5, 0.6) is 0 Å². The number of aromatic amines is 1. The summed E-state index contributed by atoms with van der Waals surface area (Å²) >= 11 is 10.2. The summed E-state index contributed by atoms with van der Waals surface area (Å²) < 4.78 is 3.46. The van der Waals surface area contributed by atoms with Gasteiger partial charge < -0.3 is 4.98 Å². The SMILES string of the molecule is Cc1ccc(-n2c(=S)[nH]c3ccsc3c2=O)c(Br)c1. The normalized spacial score (nSPS) is 11.1. The van der Waals surface area contributed by atoms with Crippen LogP contribution in [0.1, 0.15) is 5.56 Å². The van der Waals surface area contributed by atoms with Crippen LogP contribution in [0.3, 0.4) is 0 Å². The summed E-state index contributed by atoms with van der Waals surface area (Å²) in [4.78, 5) is 15.6. The minimum atomic E-state index is -0.0849. The first-order valence-corrected chi connectivity index (χ1v) is 7.65. The second-order valence-electron chi connectivity index (χ2n) is 4.19. The standard InChI is InChI=1S/C13H9BrN2OS2/c1-7-2-3-10(8(14)6-7)16-12(17)11-9(4-5-19-11)15-13(16)18/h2-6H,1H3,(H,15,18). The lowest BCUT2D eigenvalue weighted by molar-refractivity contribution is 0.937. The van der Waals surface area contributed by atoms with Crippen LogP contribution in [0.2, 0.25) is 0 Å². The predicted octanol–water partition coefficient (Wildman–Crippen LogP) is 4.18. The molecule has 3 rings (SSSR count). The number of halogens is 1. The summed E-state index contributed by atoms with van der Waals surface area (Å²) in [6, 6.07) is 7.69. The average Bonchev–Trinajstić information content (AvgIpc) is 2.80. The summed E-state index contributed by atoms with van der Waals surface area (Å²) in [7, 11) is 0. The number of thiophene rings is 1. The van der Waals surface area contributed by atoms with Crippen molar-refractivity contribution in [1.29, 1.82) is 0 Å². The lowest BCUT2D eigenvalue weighted by Crippen LogP contribution is -2.19. The molecule has 3 nitrogen and oxygen atoms in total. The van der Waals surface area contributed by atoms with Crippen molar-refractivity contribution in [3.05, 3.63) is 54.8 Å². The van der Waals surface area contributed by atoms with E-state index in [1.54, 1.807) is 0 Å². The van der Waals surface area contributed by atoms with E-state index in [4.69, 9.17) is 12.2 Å². The fourth-order valence-corrected chi connectivity index (χ4v) is 3.69. The number of fused-ring (bicyclic) bond motifs is 1. The van der Waals surface area contributed by atoms with E-state index in [1.807, 2.05) is 36.6 Å². The summed E-state index contributed by atoms with van der Waals surface area (Å²) in [5.41, 5.74) is 2.58. The zero-order valence-corrected chi connectivity index (χ0v) is 13.2. The summed E-state index contributed by atoms with van der Waals surface area (Å²) in [6.07, 6.45) is 0. The predicted molar refractivity (Wildman–Crippen MR) is 85.0 cm³/mol. The van der Waals surface area contributed by atoms with Gasteiger partial charge in [-0.2, -0.15) is 0 Å². The van der Waals surface area contributed by atoms with Gasteiger partial charge in [0.1, 0.15) is 4.70 Å². The third-order valence-electron chi connectivity index (χ3n) is 2.85. The maximum Gasteiger partial charge on any atom is 0.276 e. The van der Waals surface area contributed by atoms with E-state index in [0.29, 0.717) is 9.47 Å². The third-order valence-corrected chi connectivity index (χ3v) is 4.67. The van der Waals surface area contributed by atoms with Gasteiger partial charge in [0.2, 0.25) is 0 Å². The second kappa shape index (κ2) is 4.70. The molecule has 0 unspecified atom stereocenters. The Morgan fingerprint density at radius 3 is 2.89 bits per heavy atom. The van der Waals surface area contributed by atoms with E-state index in [0.717, 1.165) is 21.2 Å². The van der Waals surface area contributed by atoms with Crippen LogP contribution in [0.4, 0.5) is 0 Å². The summed E-state index contributed by atoms with van der Waals surface area (Å²) in [6.45, 7) is 2.00. The van der Waals surface area contributed by atoms with Crippen LogP contribution >= 0.6 is 39.5 Å². The van der Waals surface area contributed by atoms with Crippen molar-refractivity contribution in [1.82, 2.24) is 9.55 Å². The molecule has 6 heteroatoms. The molecular weight excluding hydrogens is 344 g/mol. The molecule has 0 saturated heterocycles. The van der Waals surface area contributed by atoms with Crippen LogP contribution in [-0.4, -0.2) is 9.55 Å². The molecule has 0 radical (unpaired) electrons. The number of H-pyrrole nitrogens is 1. The van der Waals surface area contributed by atoms with Gasteiger partial charge in [-0.1, -0.05) is 6.07 Å². The fraction of sp³-hybridized carbons (Fsp3) is 0.0769. The van der Waals surface area contributed by atoms with Crippen LogP contribution in [0.15, 0.2) is 38.9 Å². The number of nitrogens with one attached hydrogen (secondary N) is 1. The Labute approximate surface area is 126 Å². The van der Waals surface area contributed by atoms with E-state index >= 15 is 0 Å². The summed E-state index contributed by atoms with van der Waals surface area (Å²) in [5, 5.41) is 1.88. The largest absolute Gasteiger partial charge is 0.331 e. The molecule has 0 spiro atoms. The van der Waals surface area contributed by atoms with Crippen molar-refractivity contribution in [2.45, 2.75) is 6.92 Å². The van der Waals surface area contributed by atoms with Gasteiger partial charge >= 0.3 is 0 Å². The Hall–Kier alpha value is -1.24. The van der Waals surface area contributed by atoms with Crippen LogP contribution in [0.25, 0.3) is 15.9 Å². The van der Waals surface area contributed by atoms with Crippen molar-refractivity contribution < 1.29 is 0 Å². The van der Waals surface area contributed by atoms with Gasteiger partial charge in [0.15, 0.2) is 4.77 Å². The first-order chi connectivity index (χ1) is 9.08. The molecule has 2 aromatic heterocycles. The monoisotopic (exact) mass is 352 g/mol. The number of aromatic nitrogens is 2. The van der Waals surface area contributed by atoms with Gasteiger partial charge in [0.05, 0.1) is 11.2 Å². The van der Waals surface area contributed by atoms with Gasteiger partial charge in [-0.05, 0) is 64.2 Å². The zero-order chi connectivity index (χ0) is 13.6. The summed E-state index contributed by atoms with van der Waals surface area (Å²) in [5.74, 6) is 0. The molecule has 0 aliphatic carbocycles. The maximum atomic E-state index is 12.5. The quantitative estimate of drug-likeness (QED) is 0.667. The molecule has 19 heavy (non-hydrogen) atoms. The smallest absolute Gasteiger partial charge is 0.276 e. The Morgan fingerprint density at radius 1 is 1.37 bits per heavy atom. The lowest BCUT2D eigenvalue weighted by atomic mass is 10.2. The highest BCUT2D eigenvalue weighted by molar-refractivity contribution is 9.10. The van der Waals surface area contributed by atoms with Gasteiger partial charge in [-0.15, -0.1) is 11.3 Å². The number of benzene rings is 1. The average molecular weight is 353 g/mol. The van der Waals surface area contributed by atoms with E-state index in [9.17, 15) is 4.79 Å². The van der Waals surface area contributed by atoms with Crippen molar-refractivity contribution in [2.75, 3.05) is 0 Å². The highest BCUT2D eigenvalue weighted by Gasteiger charge is 2.10. The van der Waals surface area contributed by atoms with Crippen molar-refractivity contribution >= 4 is 49.7 Å². The minimum absolute atomic E-state index is 0.0849. The third kappa shape index (κ3) is 2.09. The molecular formula is C13H9BrN2OS2. The second-order valence-corrected chi connectivity index (χ2v) is 6.35. The minimum Gasteiger partial charge on any atom is -0.331 e. The van der Waals surface area contributed by atoms with Crippen molar-refractivity contribution in [3.63, 3.8) is 0 Å². The van der Waals surface area contributed by atoms with Crippen molar-refractivity contribution in [3.8, 4) is 5.69 Å². The van der Waals surface area contributed by atoms with Crippen molar-refractivity contribution in [2.24, 2.45) is 0 Å². The molecule has 0 fully saturated rings. The van der Waals surface area contributed by atoms with E-state index < -0.39 is 0 Å². The Balaban J connectivity index is 2.42. The molecule has 96 valence electrons. The molecule has 0 bridgehead atoms. The van der Waals surface area contributed by atoms with Crippen LogP contribution in [0, 0.1) is 11.7 Å². The Kier molecular flexibility index (Phi) is 3.16. The first kappa shape index (κ1) is 12.8. The number of hydrogen-bond donors (Lipinski definition) is 1. The van der Waals surface area contributed by atoms with Gasteiger partial charge in [0, 0.05) is 4.47 Å². The molecule has 1 aromatic carbocycles. The van der Waals surface area contributed by atoms with Gasteiger partial charge in [-0.3, -0.25) is 9.36 Å². The molecule has 0 saturated carbocycles. The lowest BCUT2D eigenvalue weighted by Gasteiger charge is -2.09. The molecule has 0 aliphatic rings. The number of rotatable bonds is 1. The van der Waals surface area contributed by atoms with Gasteiger partial charge in [-0.25, -0.2) is 0 Å². The Bertz CT molecular complexity index is 892. The van der Waals surface area contributed by atoms with E-state index in [1.165, 1.54) is 15.9 Å². The van der Waals surface area contributed by atoms with Gasteiger partial charge in [0.25, 0.3) is 5.56 Å². The molecule has 0 aliphatic heterocycles. The number of hydrogen-bond acceptors (Lipinski definition) is 3. The van der Waals surface area contributed by atoms with Crippen LogP contribution < -0.4 is 5.56 Å². The molecule has 2 heterocycles. The molecule has 3 aromatic rings. The fourth-order valence-electron chi connectivity index (χ4n) is 1.95. The number of nitrogens with zero attached hydrogens (tertiary/aromatic N) is 1. The molecule has 0 atom stereocenters. The topological polar surface area (TPSA) is 37.8 Å². The number of aryl methyl sites for hydroxylation is 1. The highest BCUT2D eigenvalue weighted by atomic mass is 79.9. The first-order valence-electron chi connectivity index (χ1n) is 5.57. The zero-order valence-electron chi connectivity index (χ0n) is 9.94. The Morgan fingerprint density at radius 2 is 2.16 bits per heavy atom. The molecule has 0 amide bonds. The highest BCUT2D eigenvalue weighted by Crippen LogP contribution is 2.23. The maximum absolute atomic E-state index is 12.5. The van der Waals surface area contributed by atoms with Crippen LogP contribution in [-0.2, 0) is 0 Å². The molecule has 1 N–H and O–H groups in total.